The van der Waals surface area contributed by atoms with E-state index in [1.54, 1.807) is 17.1 Å². The summed E-state index contributed by atoms with van der Waals surface area (Å²) in [4.78, 5) is 0. The van der Waals surface area contributed by atoms with Crippen LogP contribution in [-0.4, -0.2) is 9.78 Å². The van der Waals surface area contributed by atoms with Crippen molar-refractivity contribution in [2.75, 3.05) is 0 Å². The molecule has 3 heteroatoms. The van der Waals surface area contributed by atoms with Gasteiger partial charge in [0.15, 0.2) is 0 Å². The van der Waals surface area contributed by atoms with Gasteiger partial charge in [0.25, 0.3) is 0 Å². The largest absolute Gasteiger partial charge is 1.00 e. The Hall–Kier alpha value is -0.633. The Morgan fingerprint density at radius 2 is 2.44 bits per heavy atom. The third-order valence-electron chi connectivity index (χ3n) is 0.800. The first-order valence-electron chi connectivity index (χ1n) is 2.30. The van der Waals surface area contributed by atoms with Crippen molar-refractivity contribution in [3.8, 4) is 5.92 Å². The molecular formula is C6H5LiN2. The Morgan fingerprint density at radius 1 is 1.67 bits per heavy atom. The van der Waals surface area contributed by atoms with Crippen molar-refractivity contribution >= 4 is 0 Å². The Kier molecular flexibility index (Phi) is 3.97. The van der Waals surface area contributed by atoms with Gasteiger partial charge in [-0.1, -0.05) is 0 Å². The molecule has 40 valence electrons. The van der Waals surface area contributed by atoms with Crippen LogP contribution >= 0.6 is 0 Å². The molecule has 0 unspecified atom stereocenters. The van der Waals surface area contributed by atoms with Crippen molar-refractivity contribution in [3.63, 3.8) is 0 Å². The van der Waals surface area contributed by atoms with Crippen molar-refractivity contribution in [1.29, 1.82) is 0 Å². The Bertz CT molecular complexity index is 185. The summed E-state index contributed by atoms with van der Waals surface area (Å²) in [6, 6.07) is 1.82. The zero-order valence-electron chi connectivity index (χ0n) is 5.33. The summed E-state index contributed by atoms with van der Waals surface area (Å²) < 4.78 is 1.63. The minimum atomic E-state index is 0. The molecular weight excluding hydrogens is 107 g/mol. The molecule has 0 N–H and O–H groups in total. The van der Waals surface area contributed by atoms with Gasteiger partial charge in [0.05, 0.1) is 6.54 Å². The summed E-state index contributed by atoms with van der Waals surface area (Å²) >= 11 is 0. The van der Waals surface area contributed by atoms with Gasteiger partial charge in [-0.25, -0.2) is 0 Å². The molecule has 0 bridgehead atoms. The summed E-state index contributed by atoms with van der Waals surface area (Å²) in [6.07, 6.45) is 10.0. The van der Waals surface area contributed by atoms with Crippen LogP contribution in [0.3, 0.4) is 0 Å². The molecule has 1 aromatic heterocycles. The van der Waals surface area contributed by atoms with Gasteiger partial charge in [-0.2, -0.15) is 5.10 Å². The van der Waals surface area contributed by atoms with Gasteiger partial charge in [-0.3, -0.25) is 4.68 Å². The fourth-order valence-corrected chi connectivity index (χ4v) is 0.475. The first kappa shape index (κ1) is 8.37. The molecule has 0 amide bonds. The molecule has 0 spiro atoms. The van der Waals surface area contributed by atoms with Crippen molar-refractivity contribution in [2.24, 2.45) is 0 Å². The third-order valence-corrected chi connectivity index (χ3v) is 0.800. The van der Waals surface area contributed by atoms with Gasteiger partial charge in [-0.05, 0) is 6.07 Å². The molecule has 1 rings (SSSR count). The van der Waals surface area contributed by atoms with Gasteiger partial charge in [0, 0.05) is 12.4 Å². The van der Waals surface area contributed by atoms with Crippen LogP contribution in [0.5, 0.6) is 0 Å². The van der Waals surface area contributed by atoms with Crippen LogP contribution in [0.4, 0.5) is 0 Å². The van der Waals surface area contributed by atoms with E-state index in [1.807, 2.05) is 6.07 Å². The van der Waals surface area contributed by atoms with Gasteiger partial charge >= 0.3 is 18.9 Å². The Balaban J connectivity index is 0.000000640. The molecule has 0 aliphatic heterocycles. The second kappa shape index (κ2) is 4.27. The van der Waals surface area contributed by atoms with Crippen LogP contribution in [0.15, 0.2) is 18.5 Å². The van der Waals surface area contributed by atoms with Crippen LogP contribution < -0.4 is 18.9 Å². The normalized spacial score (nSPS) is 7.44. The monoisotopic (exact) mass is 112 g/mol. The first-order valence-corrected chi connectivity index (χ1v) is 2.30. The topological polar surface area (TPSA) is 17.8 Å². The average molecular weight is 112 g/mol. The van der Waals surface area contributed by atoms with E-state index in [1.165, 1.54) is 0 Å². The zero-order chi connectivity index (χ0) is 5.82. The maximum Gasteiger partial charge on any atom is 1.00 e. The maximum atomic E-state index is 6.57. The first-order chi connectivity index (χ1) is 3.93. The predicted molar refractivity (Wildman–Crippen MR) is 29.4 cm³/mol. The molecule has 9 heavy (non-hydrogen) atoms. The van der Waals surface area contributed by atoms with Crippen molar-refractivity contribution in [2.45, 2.75) is 6.54 Å². The van der Waals surface area contributed by atoms with Crippen LogP contribution in [0.1, 0.15) is 0 Å². The summed E-state index contributed by atoms with van der Waals surface area (Å²) in [6.45, 7) is 0.451. The van der Waals surface area contributed by atoms with Crippen molar-refractivity contribution in [1.82, 2.24) is 9.78 Å². The zero-order valence-corrected chi connectivity index (χ0v) is 5.33. The second-order valence-electron chi connectivity index (χ2n) is 1.38. The number of nitrogens with zero attached hydrogens (tertiary/aromatic N) is 2. The SMILES string of the molecule is [C-]#CCn1cccn1.[Li+]. The molecule has 0 aromatic carbocycles. The van der Waals surface area contributed by atoms with Gasteiger partial charge in [0.1, 0.15) is 0 Å². The molecule has 0 aliphatic rings. The summed E-state index contributed by atoms with van der Waals surface area (Å²) in [5.41, 5.74) is 0. The molecule has 0 aliphatic carbocycles. The van der Waals surface area contributed by atoms with Crippen LogP contribution in [-0.2, 0) is 6.54 Å². The second-order valence-corrected chi connectivity index (χ2v) is 1.38. The van der Waals surface area contributed by atoms with Gasteiger partial charge in [-0.15, -0.1) is 0 Å². The fourth-order valence-electron chi connectivity index (χ4n) is 0.475. The fraction of sp³-hybridized carbons (Fsp3) is 0.167. The average Bonchev–Trinajstić information content (AvgIpc) is 2.19. The number of aromatic nitrogens is 2. The van der Waals surface area contributed by atoms with Crippen molar-refractivity contribution < 1.29 is 18.9 Å². The molecule has 0 radical (unpaired) electrons. The smallest absolute Gasteiger partial charge is 0.692 e. The summed E-state index contributed by atoms with van der Waals surface area (Å²) in [7, 11) is 0. The van der Waals surface area contributed by atoms with E-state index in [0.29, 0.717) is 6.54 Å². The number of rotatable bonds is 1. The van der Waals surface area contributed by atoms with E-state index in [2.05, 4.69) is 11.0 Å². The van der Waals surface area contributed by atoms with E-state index in [9.17, 15) is 0 Å². The van der Waals surface area contributed by atoms with E-state index in [-0.39, 0.29) is 18.9 Å². The van der Waals surface area contributed by atoms with E-state index in [0.717, 1.165) is 0 Å². The molecule has 1 aromatic rings. The van der Waals surface area contributed by atoms with Crippen LogP contribution in [0, 0.1) is 12.3 Å². The van der Waals surface area contributed by atoms with Crippen molar-refractivity contribution in [3.05, 3.63) is 24.9 Å². The number of hydrogen-bond donors (Lipinski definition) is 0. The van der Waals surface area contributed by atoms with Gasteiger partial charge in [0.2, 0.25) is 0 Å². The van der Waals surface area contributed by atoms with Crippen LogP contribution in [0.2, 0.25) is 0 Å². The van der Waals surface area contributed by atoms with E-state index in [4.69, 9.17) is 6.42 Å². The summed E-state index contributed by atoms with van der Waals surface area (Å²) in [5, 5.41) is 3.84. The molecule has 1 heterocycles. The quantitative estimate of drug-likeness (QED) is 0.223. The maximum absolute atomic E-state index is 6.57. The molecule has 0 atom stereocenters. The molecule has 0 saturated heterocycles. The van der Waals surface area contributed by atoms with E-state index < -0.39 is 0 Å². The third kappa shape index (κ3) is 2.42. The Morgan fingerprint density at radius 3 is 2.89 bits per heavy atom. The number of hydrogen-bond acceptors (Lipinski definition) is 1. The molecule has 2 nitrogen and oxygen atoms in total. The van der Waals surface area contributed by atoms with Gasteiger partial charge < -0.3 is 12.3 Å². The summed E-state index contributed by atoms with van der Waals surface area (Å²) in [5.74, 6) is 2.22. The minimum Gasteiger partial charge on any atom is -0.692 e. The predicted octanol–water partition coefficient (Wildman–Crippen LogP) is -2.52. The minimum absolute atomic E-state index is 0. The molecule has 0 fully saturated rings. The molecule has 0 saturated carbocycles. The van der Waals surface area contributed by atoms with Crippen LogP contribution in [0.25, 0.3) is 0 Å². The Labute approximate surface area is 66.4 Å². The standard InChI is InChI=1S/C6H5N2.Li/c1-2-5-8-6-3-4-7-8;/h3-4,6H,5H2;/q-1;+1. The van der Waals surface area contributed by atoms with E-state index >= 15 is 0 Å².